The maximum Gasteiger partial charge on any atom is 0.340 e. The lowest BCUT2D eigenvalue weighted by molar-refractivity contribution is 0.0695. The molecule has 0 fully saturated rings. The van der Waals surface area contributed by atoms with E-state index in [4.69, 9.17) is 0 Å². The second-order valence-corrected chi connectivity index (χ2v) is 7.26. The first-order chi connectivity index (χ1) is 15.0. The van der Waals surface area contributed by atoms with Crippen molar-refractivity contribution in [3.8, 4) is 5.75 Å². The van der Waals surface area contributed by atoms with Crippen molar-refractivity contribution in [2.75, 3.05) is 19.6 Å². The summed E-state index contributed by atoms with van der Waals surface area (Å²) in [6.07, 6.45) is 2.21. The highest BCUT2D eigenvalue weighted by atomic mass is 16.4. The van der Waals surface area contributed by atoms with Gasteiger partial charge in [0, 0.05) is 28.9 Å². The topological polar surface area (TPSA) is 89.5 Å². The molecule has 0 bridgehead atoms. The fourth-order valence-electron chi connectivity index (χ4n) is 3.72. The first-order valence-electron chi connectivity index (χ1n) is 10.6. The zero-order chi connectivity index (χ0) is 22.4. The van der Waals surface area contributed by atoms with E-state index in [0.717, 1.165) is 16.5 Å². The van der Waals surface area contributed by atoms with Gasteiger partial charge in [0.2, 0.25) is 0 Å². The number of carboxylic acids is 1. The van der Waals surface area contributed by atoms with Gasteiger partial charge in [0.15, 0.2) is 5.75 Å². The lowest BCUT2D eigenvalue weighted by Gasteiger charge is -2.13. The van der Waals surface area contributed by atoms with Gasteiger partial charge >= 0.3 is 5.97 Å². The highest BCUT2D eigenvalue weighted by Crippen LogP contribution is 2.31. The predicted octanol–water partition coefficient (Wildman–Crippen LogP) is 5.06. The molecule has 2 heterocycles. The number of carboxylic acid groups (broad SMARTS) is 1. The summed E-state index contributed by atoms with van der Waals surface area (Å²) in [5.41, 5.74) is 2.76. The molecule has 0 amide bonds. The third-order valence-corrected chi connectivity index (χ3v) is 5.53. The van der Waals surface area contributed by atoms with Crippen LogP contribution in [0, 0.1) is 0 Å². The summed E-state index contributed by atoms with van der Waals surface area (Å²) in [5, 5.41) is 21.4. The van der Waals surface area contributed by atoms with Gasteiger partial charge in [0.25, 0.3) is 0 Å². The second kappa shape index (κ2) is 10.1. The fourth-order valence-corrected chi connectivity index (χ4v) is 3.72. The first-order valence-corrected chi connectivity index (χ1v) is 10.6. The zero-order valence-corrected chi connectivity index (χ0v) is 18.2. The Bertz CT molecular complexity index is 1170. The van der Waals surface area contributed by atoms with Crippen LogP contribution in [-0.2, 0) is 6.42 Å². The smallest absolute Gasteiger partial charge is 0.340 e. The number of aromatic nitrogens is 2. The molecular formula is C25H29N3O3. The molecule has 2 aromatic heterocycles. The van der Waals surface area contributed by atoms with Gasteiger partial charge in [-0.05, 0) is 37.3 Å². The average molecular weight is 420 g/mol. The van der Waals surface area contributed by atoms with Gasteiger partial charge in [0.1, 0.15) is 5.56 Å². The van der Waals surface area contributed by atoms with E-state index in [2.05, 4.69) is 35.6 Å². The number of nitrogens with zero attached hydrogens (tertiary/aromatic N) is 2. The number of hydrogen-bond donors (Lipinski definition) is 3. The molecule has 0 atom stereocenters. The van der Waals surface area contributed by atoms with Gasteiger partial charge in [-0.25, -0.2) is 9.78 Å². The Kier molecular flexibility index (Phi) is 7.26. The molecule has 0 saturated heterocycles. The van der Waals surface area contributed by atoms with Gasteiger partial charge in [0.05, 0.1) is 11.2 Å². The van der Waals surface area contributed by atoms with Gasteiger partial charge in [-0.15, -0.1) is 0 Å². The van der Waals surface area contributed by atoms with Crippen molar-refractivity contribution in [2.45, 2.75) is 27.2 Å². The molecule has 4 rings (SSSR count). The second-order valence-electron chi connectivity index (χ2n) is 7.26. The van der Waals surface area contributed by atoms with Crippen LogP contribution in [0.15, 0.2) is 54.7 Å². The Hall–Kier alpha value is -3.38. The Labute approximate surface area is 182 Å². The molecule has 0 aliphatic rings. The molecule has 0 unspecified atom stereocenters. The summed E-state index contributed by atoms with van der Waals surface area (Å²) in [6, 6.07) is 14.8. The fraction of sp³-hybridized carbons (Fsp3) is 0.280. The van der Waals surface area contributed by atoms with E-state index in [0.29, 0.717) is 23.0 Å². The normalized spacial score (nSPS) is 11.0. The van der Waals surface area contributed by atoms with Crippen LogP contribution >= 0.6 is 0 Å². The lowest BCUT2D eigenvalue weighted by Crippen LogP contribution is -2.21. The van der Waals surface area contributed by atoms with E-state index in [9.17, 15) is 15.0 Å². The zero-order valence-electron chi connectivity index (χ0n) is 18.2. The molecule has 0 radical (unpaired) electrons. The molecular weight excluding hydrogens is 390 g/mol. The number of rotatable bonds is 6. The molecule has 0 aliphatic heterocycles. The number of hydrogen-bond acceptors (Lipinski definition) is 4. The number of aromatic carboxylic acids is 1. The monoisotopic (exact) mass is 419 g/mol. The Morgan fingerprint density at radius 2 is 1.58 bits per heavy atom. The maximum absolute atomic E-state index is 11.6. The largest absolute Gasteiger partial charge is 0.505 e. The number of H-pyrrole nitrogens is 1. The third kappa shape index (κ3) is 4.86. The van der Waals surface area contributed by atoms with E-state index in [1.165, 1.54) is 19.6 Å². The first kappa shape index (κ1) is 22.3. The number of para-hydroxylation sites is 2. The van der Waals surface area contributed by atoms with E-state index >= 15 is 0 Å². The SMILES string of the molecule is CCN(CC)CC.O=C(O)c1c(O)c(Cc2c[nH]c3ccccc23)nc2ccccc12. The summed E-state index contributed by atoms with van der Waals surface area (Å²) in [7, 11) is 0. The van der Waals surface area contributed by atoms with Crippen molar-refractivity contribution >= 4 is 27.8 Å². The minimum atomic E-state index is -1.16. The van der Waals surface area contributed by atoms with Crippen molar-refractivity contribution in [3.63, 3.8) is 0 Å². The summed E-state index contributed by atoms with van der Waals surface area (Å²) in [5.74, 6) is -1.43. The van der Waals surface area contributed by atoms with E-state index in [1.54, 1.807) is 24.3 Å². The molecule has 6 nitrogen and oxygen atoms in total. The van der Waals surface area contributed by atoms with Crippen molar-refractivity contribution in [2.24, 2.45) is 0 Å². The number of aromatic hydroxyl groups is 1. The Balaban J connectivity index is 0.000000339. The van der Waals surface area contributed by atoms with Crippen LogP contribution in [0.2, 0.25) is 0 Å². The highest BCUT2D eigenvalue weighted by molar-refractivity contribution is 6.05. The predicted molar refractivity (Wildman–Crippen MR) is 125 cm³/mol. The van der Waals surface area contributed by atoms with Crippen molar-refractivity contribution in [1.29, 1.82) is 0 Å². The van der Waals surface area contributed by atoms with Crippen LogP contribution < -0.4 is 0 Å². The minimum absolute atomic E-state index is 0.101. The van der Waals surface area contributed by atoms with Crippen LogP contribution in [0.3, 0.4) is 0 Å². The third-order valence-electron chi connectivity index (χ3n) is 5.53. The maximum atomic E-state index is 11.6. The Morgan fingerprint density at radius 3 is 2.19 bits per heavy atom. The van der Waals surface area contributed by atoms with Crippen LogP contribution in [0.5, 0.6) is 5.75 Å². The van der Waals surface area contributed by atoms with E-state index < -0.39 is 5.97 Å². The molecule has 31 heavy (non-hydrogen) atoms. The number of fused-ring (bicyclic) bond motifs is 2. The van der Waals surface area contributed by atoms with Gasteiger partial charge in [-0.1, -0.05) is 57.2 Å². The molecule has 162 valence electrons. The molecule has 4 aromatic rings. The average Bonchev–Trinajstić information content (AvgIpc) is 3.18. The molecule has 0 spiro atoms. The molecule has 0 saturated carbocycles. The highest BCUT2D eigenvalue weighted by Gasteiger charge is 2.20. The van der Waals surface area contributed by atoms with Crippen LogP contribution in [0.25, 0.3) is 21.8 Å². The molecule has 2 aromatic carbocycles. The summed E-state index contributed by atoms with van der Waals surface area (Å²) in [4.78, 5) is 21.6. The quantitative estimate of drug-likeness (QED) is 0.406. The van der Waals surface area contributed by atoms with E-state index in [-0.39, 0.29) is 11.3 Å². The van der Waals surface area contributed by atoms with Crippen molar-refractivity contribution in [1.82, 2.24) is 14.9 Å². The number of nitrogens with one attached hydrogen (secondary N) is 1. The van der Waals surface area contributed by atoms with Gasteiger partial charge < -0.3 is 20.1 Å². The number of benzene rings is 2. The van der Waals surface area contributed by atoms with Crippen molar-refractivity contribution in [3.05, 3.63) is 71.5 Å². The molecule has 0 aliphatic carbocycles. The Morgan fingerprint density at radius 1 is 0.968 bits per heavy atom. The number of pyridine rings is 1. The summed E-state index contributed by atoms with van der Waals surface area (Å²) < 4.78 is 0. The van der Waals surface area contributed by atoms with Crippen LogP contribution in [0.4, 0.5) is 0 Å². The van der Waals surface area contributed by atoms with Gasteiger partial charge in [-0.2, -0.15) is 0 Å². The summed E-state index contributed by atoms with van der Waals surface area (Å²) in [6.45, 7) is 10.1. The molecule has 3 N–H and O–H groups in total. The minimum Gasteiger partial charge on any atom is -0.505 e. The summed E-state index contributed by atoms with van der Waals surface area (Å²) >= 11 is 0. The standard InChI is InChI=1S/C19H14N2O3.C6H15N/c22-18-16(9-11-10-20-14-7-3-1-5-12(11)14)21-15-8-4-2-6-13(15)17(18)19(23)24;1-4-7(5-2)6-3/h1-8,10,20,22H,9H2,(H,23,24);4-6H2,1-3H3. The van der Waals surface area contributed by atoms with E-state index in [1.807, 2.05) is 30.5 Å². The number of aromatic amines is 1. The van der Waals surface area contributed by atoms with Crippen molar-refractivity contribution < 1.29 is 15.0 Å². The van der Waals surface area contributed by atoms with Crippen LogP contribution in [-0.4, -0.2) is 50.7 Å². The number of carbonyl (C=O) groups is 1. The van der Waals surface area contributed by atoms with Crippen LogP contribution in [0.1, 0.15) is 42.4 Å². The van der Waals surface area contributed by atoms with Gasteiger partial charge in [-0.3, -0.25) is 0 Å². The molecule has 6 heteroatoms. The lowest BCUT2D eigenvalue weighted by atomic mass is 10.0.